The molecule has 2 rings (SSSR count). The summed E-state index contributed by atoms with van der Waals surface area (Å²) in [6.07, 6.45) is 0. The molecular formula is C14H17NOS. The van der Waals surface area contributed by atoms with Gasteiger partial charge in [-0.25, -0.2) is 0 Å². The maximum atomic E-state index is 5.57. The van der Waals surface area contributed by atoms with E-state index in [1.54, 1.807) is 0 Å². The number of para-hydroxylation sites is 2. The molecule has 90 valence electrons. The quantitative estimate of drug-likeness (QED) is 0.860. The number of aryl methyl sites for hydroxylation is 1. The normalized spacial score (nSPS) is 10.2. The van der Waals surface area contributed by atoms with Gasteiger partial charge in [0, 0.05) is 16.3 Å². The minimum absolute atomic E-state index is 0.691. The molecule has 0 aliphatic carbocycles. The Hall–Kier alpha value is -1.48. The predicted molar refractivity (Wildman–Crippen MR) is 74.0 cm³/mol. The van der Waals surface area contributed by atoms with E-state index in [4.69, 9.17) is 4.74 Å². The molecule has 2 aromatic rings. The lowest BCUT2D eigenvalue weighted by Gasteiger charge is -2.11. The molecule has 0 unspecified atom stereocenters. The van der Waals surface area contributed by atoms with Crippen LogP contribution in [-0.2, 0) is 6.54 Å². The minimum Gasteiger partial charge on any atom is -0.492 e. The first-order valence-corrected chi connectivity index (χ1v) is 6.62. The fraction of sp³-hybridized carbons (Fsp3) is 0.286. The molecular weight excluding hydrogens is 230 g/mol. The van der Waals surface area contributed by atoms with Gasteiger partial charge in [-0.15, -0.1) is 11.3 Å². The van der Waals surface area contributed by atoms with Gasteiger partial charge in [-0.1, -0.05) is 12.1 Å². The fourth-order valence-corrected chi connectivity index (χ4v) is 2.49. The molecule has 3 heteroatoms. The van der Waals surface area contributed by atoms with Gasteiger partial charge in [-0.2, -0.15) is 0 Å². The SMILES string of the molecule is CCOc1ccccc1NCc1ccc(C)s1. The molecule has 0 spiro atoms. The van der Waals surface area contributed by atoms with Crippen LogP contribution in [-0.4, -0.2) is 6.61 Å². The van der Waals surface area contributed by atoms with Crippen LogP contribution in [0, 0.1) is 6.92 Å². The van der Waals surface area contributed by atoms with E-state index in [2.05, 4.69) is 24.4 Å². The molecule has 0 atom stereocenters. The monoisotopic (exact) mass is 247 g/mol. The van der Waals surface area contributed by atoms with Crippen molar-refractivity contribution in [1.29, 1.82) is 0 Å². The molecule has 1 heterocycles. The third kappa shape index (κ3) is 3.24. The fourth-order valence-electron chi connectivity index (χ4n) is 1.66. The zero-order valence-corrected chi connectivity index (χ0v) is 11.0. The number of thiophene rings is 1. The molecule has 1 N–H and O–H groups in total. The van der Waals surface area contributed by atoms with Gasteiger partial charge in [0.05, 0.1) is 12.3 Å². The number of hydrogen-bond donors (Lipinski definition) is 1. The average Bonchev–Trinajstić information content (AvgIpc) is 2.74. The van der Waals surface area contributed by atoms with Crippen molar-refractivity contribution in [2.75, 3.05) is 11.9 Å². The Kier molecular flexibility index (Phi) is 4.04. The van der Waals surface area contributed by atoms with Crippen LogP contribution in [0.25, 0.3) is 0 Å². The van der Waals surface area contributed by atoms with Crippen LogP contribution in [0.1, 0.15) is 16.7 Å². The van der Waals surface area contributed by atoms with Crippen LogP contribution >= 0.6 is 11.3 Å². The zero-order chi connectivity index (χ0) is 12.1. The van der Waals surface area contributed by atoms with Gasteiger partial charge in [0.25, 0.3) is 0 Å². The van der Waals surface area contributed by atoms with Gasteiger partial charge in [0.1, 0.15) is 5.75 Å². The molecule has 0 aliphatic heterocycles. The molecule has 0 saturated heterocycles. The third-order valence-electron chi connectivity index (χ3n) is 2.44. The summed E-state index contributed by atoms with van der Waals surface area (Å²) in [4.78, 5) is 2.69. The predicted octanol–water partition coefficient (Wildman–Crippen LogP) is 4.07. The summed E-state index contributed by atoms with van der Waals surface area (Å²) in [6, 6.07) is 12.4. The minimum atomic E-state index is 0.691. The number of hydrogen-bond acceptors (Lipinski definition) is 3. The van der Waals surface area contributed by atoms with Crippen molar-refractivity contribution in [3.05, 3.63) is 46.2 Å². The van der Waals surface area contributed by atoms with Gasteiger partial charge in [0.15, 0.2) is 0 Å². The van der Waals surface area contributed by atoms with E-state index < -0.39 is 0 Å². The largest absolute Gasteiger partial charge is 0.492 e. The van der Waals surface area contributed by atoms with Crippen molar-refractivity contribution >= 4 is 17.0 Å². The van der Waals surface area contributed by atoms with E-state index in [0.717, 1.165) is 18.0 Å². The molecule has 0 saturated carbocycles. The number of ether oxygens (including phenoxy) is 1. The molecule has 0 fully saturated rings. The second-order valence-electron chi connectivity index (χ2n) is 3.80. The molecule has 1 aromatic carbocycles. The summed E-state index contributed by atoms with van der Waals surface area (Å²) in [5, 5.41) is 3.41. The van der Waals surface area contributed by atoms with Gasteiger partial charge < -0.3 is 10.1 Å². The number of nitrogens with one attached hydrogen (secondary N) is 1. The van der Waals surface area contributed by atoms with Crippen LogP contribution in [0.15, 0.2) is 36.4 Å². The van der Waals surface area contributed by atoms with E-state index in [9.17, 15) is 0 Å². The zero-order valence-electron chi connectivity index (χ0n) is 10.2. The molecule has 0 aliphatic rings. The van der Waals surface area contributed by atoms with E-state index in [0.29, 0.717) is 6.61 Å². The molecule has 0 amide bonds. The standard InChI is InChI=1S/C14H17NOS/c1-3-16-14-7-5-4-6-13(14)15-10-12-9-8-11(2)17-12/h4-9,15H,3,10H2,1-2H3. The Balaban J connectivity index is 2.03. The molecule has 0 bridgehead atoms. The van der Waals surface area contributed by atoms with Crippen LogP contribution in [0.2, 0.25) is 0 Å². The molecule has 2 nitrogen and oxygen atoms in total. The van der Waals surface area contributed by atoms with Crippen LogP contribution < -0.4 is 10.1 Å². The van der Waals surface area contributed by atoms with E-state index in [-0.39, 0.29) is 0 Å². The summed E-state index contributed by atoms with van der Waals surface area (Å²) in [5.74, 6) is 0.920. The van der Waals surface area contributed by atoms with Crippen molar-refractivity contribution in [2.24, 2.45) is 0 Å². The Morgan fingerprint density at radius 2 is 2.00 bits per heavy atom. The van der Waals surface area contributed by atoms with E-state index in [1.807, 2.05) is 42.5 Å². The Morgan fingerprint density at radius 3 is 2.71 bits per heavy atom. The lowest BCUT2D eigenvalue weighted by molar-refractivity contribution is 0.341. The third-order valence-corrected chi connectivity index (χ3v) is 3.44. The topological polar surface area (TPSA) is 21.3 Å². The molecule has 1 aromatic heterocycles. The first-order chi connectivity index (χ1) is 8.29. The summed E-state index contributed by atoms with van der Waals surface area (Å²) in [7, 11) is 0. The smallest absolute Gasteiger partial charge is 0.142 e. The highest BCUT2D eigenvalue weighted by molar-refractivity contribution is 7.11. The van der Waals surface area contributed by atoms with Gasteiger partial charge in [-0.05, 0) is 38.1 Å². The number of anilines is 1. The Bertz CT molecular complexity index is 479. The van der Waals surface area contributed by atoms with Crippen LogP contribution in [0.3, 0.4) is 0 Å². The van der Waals surface area contributed by atoms with E-state index >= 15 is 0 Å². The second-order valence-corrected chi connectivity index (χ2v) is 5.17. The average molecular weight is 247 g/mol. The van der Waals surface area contributed by atoms with Crippen molar-refractivity contribution < 1.29 is 4.74 Å². The summed E-state index contributed by atoms with van der Waals surface area (Å²) in [5.41, 5.74) is 1.06. The van der Waals surface area contributed by atoms with Gasteiger partial charge in [0.2, 0.25) is 0 Å². The first-order valence-electron chi connectivity index (χ1n) is 5.80. The van der Waals surface area contributed by atoms with Crippen LogP contribution in [0.4, 0.5) is 5.69 Å². The van der Waals surface area contributed by atoms with Crippen LogP contribution in [0.5, 0.6) is 5.75 Å². The highest BCUT2D eigenvalue weighted by Crippen LogP contribution is 2.25. The highest BCUT2D eigenvalue weighted by Gasteiger charge is 2.02. The lowest BCUT2D eigenvalue weighted by atomic mass is 10.3. The highest BCUT2D eigenvalue weighted by atomic mass is 32.1. The summed E-state index contributed by atoms with van der Waals surface area (Å²) in [6.45, 7) is 5.67. The van der Waals surface area contributed by atoms with Gasteiger partial charge >= 0.3 is 0 Å². The summed E-state index contributed by atoms with van der Waals surface area (Å²) >= 11 is 1.82. The number of benzene rings is 1. The lowest BCUT2D eigenvalue weighted by Crippen LogP contribution is -2.01. The van der Waals surface area contributed by atoms with Crippen molar-refractivity contribution in [1.82, 2.24) is 0 Å². The first kappa shape index (κ1) is 12.0. The second kappa shape index (κ2) is 5.73. The maximum Gasteiger partial charge on any atom is 0.142 e. The molecule has 17 heavy (non-hydrogen) atoms. The Morgan fingerprint density at radius 1 is 1.18 bits per heavy atom. The molecule has 0 radical (unpaired) electrons. The van der Waals surface area contributed by atoms with E-state index in [1.165, 1.54) is 9.75 Å². The van der Waals surface area contributed by atoms with Crippen molar-refractivity contribution in [3.8, 4) is 5.75 Å². The Labute approximate surface area is 106 Å². The maximum absolute atomic E-state index is 5.57. The van der Waals surface area contributed by atoms with Gasteiger partial charge in [-0.3, -0.25) is 0 Å². The summed E-state index contributed by atoms with van der Waals surface area (Å²) < 4.78 is 5.57. The van der Waals surface area contributed by atoms with Crippen molar-refractivity contribution in [2.45, 2.75) is 20.4 Å². The van der Waals surface area contributed by atoms with Crippen molar-refractivity contribution in [3.63, 3.8) is 0 Å². The number of rotatable bonds is 5.